The molecule has 0 radical (unpaired) electrons. The molecule has 11 heteroatoms. The Labute approximate surface area is 135 Å². The van der Waals surface area contributed by atoms with Gasteiger partial charge in [-0.15, -0.1) is 4.28 Å². The number of nitrogens with zero attached hydrogens (tertiary/aromatic N) is 1. The highest BCUT2D eigenvalue weighted by atomic mass is 32.2. The summed E-state index contributed by atoms with van der Waals surface area (Å²) in [5, 5.41) is 9.03. The Balaban J connectivity index is 0.000000648. The van der Waals surface area contributed by atoms with E-state index in [9.17, 15) is 31.2 Å². The Bertz CT molecular complexity index is 707. The average Bonchev–Trinajstić information content (AvgIpc) is 2.48. The number of amides is 1. The Morgan fingerprint density at radius 1 is 1.25 bits per heavy atom. The van der Waals surface area contributed by atoms with Gasteiger partial charge in [0, 0.05) is 0 Å². The Hall–Kier alpha value is -2.14. The van der Waals surface area contributed by atoms with E-state index >= 15 is 0 Å². The van der Waals surface area contributed by atoms with Gasteiger partial charge in [-0.2, -0.15) is 26.7 Å². The number of hydrogen-bond acceptors (Lipinski definition) is 5. The Morgan fingerprint density at radius 2 is 1.75 bits per heavy atom. The summed E-state index contributed by atoms with van der Waals surface area (Å²) in [6, 6.07) is 5.58. The van der Waals surface area contributed by atoms with E-state index in [1.54, 1.807) is 0 Å². The van der Waals surface area contributed by atoms with Gasteiger partial charge in [0.05, 0.1) is 22.9 Å². The highest BCUT2D eigenvalue weighted by molar-refractivity contribution is 7.87. The molecule has 1 N–H and O–H groups in total. The number of halogens is 3. The van der Waals surface area contributed by atoms with Crippen LogP contribution in [0.3, 0.4) is 0 Å². The number of carbonyl (C=O) groups is 2. The lowest BCUT2D eigenvalue weighted by Gasteiger charge is -2.28. The van der Waals surface area contributed by atoms with Crippen LogP contribution in [0, 0.1) is 0 Å². The number of carboxylic acids is 1. The predicted octanol–water partition coefficient (Wildman–Crippen LogP) is 2.06. The second-order valence-corrected chi connectivity index (χ2v) is 6.61. The predicted molar refractivity (Wildman–Crippen MR) is 75.6 cm³/mol. The number of hydroxylamine groups is 2. The van der Waals surface area contributed by atoms with Crippen molar-refractivity contribution in [2.75, 3.05) is 6.54 Å². The summed E-state index contributed by atoms with van der Waals surface area (Å²) in [5.41, 5.74) is -0.304. The van der Waals surface area contributed by atoms with E-state index in [1.807, 2.05) is 0 Å². The monoisotopic (exact) mass is 369 g/mol. The molecular formula is C13H14F3NO6S. The van der Waals surface area contributed by atoms with Crippen LogP contribution in [0.2, 0.25) is 0 Å². The molecule has 1 aliphatic heterocycles. The molecular weight excluding hydrogens is 355 g/mol. The smallest absolute Gasteiger partial charge is 0.379 e. The van der Waals surface area contributed by atoms with Crippen LogP contribution in [0.4, 0.5) is 13.2 Å². The molecule has 1 saturated heterocycles. The fourth-order valence-corrected chi connectivity index (χ4v) is 2.74. The number of carbonyl (C=O) groups excluding carboxylic acids is 1. The largest absolute Gasteiger partial charge is 0.478 e. The topological polar surface area (TPSA) is 101 Å². The van der Waals surface area contributed by atoms with Crippen molar-refractivity contribution in [2.24, 2.45) is 0 Å². The molecule has 1 aliphatic rings. The SMILES string of the molecule is CC1CCN(C(=O)c2ccccc2C(=O)O)OS1(=O)=O.FC(F)F. The zero-order valence-electron chi connectivity index (χ0n) is 12.4. The van der Waals surface area contributed by atoms with Crippen LogP contribution < -0.4 is 0 Å². The molecule has 0 saturated carbocycles. The van der Waals surface area contributed by atoms with Crippen LogP contribution in [0.5, 0.6) is 0 Å². The quantitative estimate of drug-likeness (QED) is 0.856. The molecule has 24 heavy (non-hydrogen) atoms. The molecule has 1 atom stereocenters. The van der Waals surface area contributed by atoms with Crippen LogP contribution in [0.1, 0.15) is 34.1 Å². The van der Waals surface area contributed by atoms with Crippen LogP contribution in [-0.4, -0.2) is 48.9 Å². The summed E-state index contributed by atoms with van der Waals surface area (Å²) in [6.45, 7) is -2.09. The fraction of sp³-hybridized carbons (Fsp3) is 0.385. The summed E-state index contributed by atoms with van der Waals surface area (Å²) >= 11 is 0. The minimum absolute atomic E-state index is 0.0905. The van der Waals surface area contributed by atoms with Crippen LogP contribution in [0.25, 0.3) is 0 Å². The molecule has 1 fully saturated rings. The van der Waals surface area contributed by atoms with Gasteiger partial charge in [0.15, 0.2) is 0 Å². The molecule has 1 amide bonds. The maximum atomic E-state index is 12.2. The Kier molecular flexibility index (Phi) is 6.72. The second-order valence-electron chi connectivity index (χ2n) is 4.67. The van der Waals surface area contributed by atoms with Crippen LogP contribution in [0.15, 0.2) is 24.3 Å². The summed E-state index contributed by atoms with van der Waals surface area (Å²) in [4.78, 5) is 23.3. The molecule has 0 aliphatic carbocycles. The van der Waals surface area contributed by atoms with Gasteiger partial charge in [0.25, 0.3) is 16.0 Å². The van der Waals surface area contributed by atoms with Gasteiger partial charge in [0.2, 0.25) is 0 Å². The number of alkyl halides is 3. The summed E-state index contributed by atoms with van der Waals surface area (Å²) in [7, 11) is -3.84. The van der Waals surface area contributed by atoms with Crippen molar-refractivity contribution in [1.29, 1.82) is 0 Å². The summed E-state index contributed by atoms with van der Waals surface area (Å²) in [6.07, 6.45) is 0.239. The molecule has 134 valence electrons. The van der Waals surface area contributed by atoms with Crippen molar-refractivity contribution < 1.29 is 40.6 Å². The van der Waals surface area contributed by atoms with Crippen molar-refractivity contribution in [3.63, 3.8) is 0 Å². The minimum Gasteiger partial charge on any atom is -0.478 e. The first-order valence-electron chi connectivity index (χ1n) is 6.56. The number of hydrogen-bond donors (Lipinski definition) is 1. The van der Waals surface area contributed by atoms with E-state index in [0.29, 0.717) is 5.06 Å². The number of benzene rings is 1. The lowest BCUT2D eigenvalue weighted by Crippen LogP contribution is -2.43. The second kappa shape index (κ2) is 8.11. The van der Waals surface area contributed by atoms with Gasteiger partial charge < -0.3 is 5.11 Å². The van der Waals surface area contributed by atoms with E-state index in [1.165, 1.54) is 31.2 Å². The number of carboxylic acid groups (broad SMARTS) is 1. The standard InChI is InChI=1S/C12H13NO6S.CHF3/c1-8-6-7-13(19-20(8,17)18)11(14)9-4-2-3-5-10(9)12(15)16;2-1(3)4/h2-5,8H,6-7H2,1H3,(H,15,16);1H. The highest BCUT2D eigenvalue weighted by Crippen LogP contribution is 2.21. The van der Waals surface area contributed by atoms with Gasteiger partial charge >= 0.3 is 12.6 Å². The molecule has 1 aromatic carbocycles. The highest BCUT2D eigenvalue weighted by Gasteiger charge is 2.35. The van der Waals surface area contributed by atoms with Crippen molar-refractivity contribution in [1.82, 2.24) is 5.06 Å². The molecule has 2 rings (SSSR count). The van der Waals surface area contributed by atoms with Gasteiger partial charge in [-0.1, -0.05) is 12.1 Å². The maximum Gasteiger partial charge on any atom is 0.379 e. The Morgan fingerprint density at radius 3 is 2.21 bits per heavy atom. The third-order valence-corrected chi connectivity index (χ3v) is 4.65. The van der Waals surface area contributed by atoms with Crippen molar-refractivity contribution >= 4 is 22.0 Å². The van der Waals surface area contributed by atoms with E-state index < -0.39 is 33.9 Å². The fourth-order valence-electron chi connectivity index (χ4n) is 1.81. The molecule has 0 aromatic heterocycles. The third kappa shape index (κ3) is 5.20. The summed E-state index contributed by atoms with van der Waals surface area (Å²) in [5.74, 6) is -2.04. The van der Waals surface area contributed by atoms with Crippen LogP contribution in [-0.2, 0) is 14.4 Å². The average molecular weight is 369 g/mol. The van der Waals surface area contributed by atoms with E-state index in [2.05, 4.69) is 0 Å². The van der Waals surface area contributed by atoms with Crippen molar-refractivity contribution in [3.05, 3.63) is 35.4 Å². The maximum absolute atomic E-state index is 12.2. The number of aromatic carboxylic acids is 1. The number of rotatable bonds is 2. The third-order valence-electron chi connectivity index (χ3n) is 3.04. The first-order valence-corrected chi connectivity index (χ1v) is 8.03. The molecule has 7 nitrogen and oxygen atoms in total. The van der Waals surface area contributed by atoms with Gasteiger partial charge in [-0.25, -0.2) is 4.79 Å². The van der Waals surface area contributed by atoms with E-state index in [4.69, 9.17) is 9.39 Å². The van der Waals surface area contributed by atoms with Crippen LogP contribution >= 0.6 is 0 Å². The lowest BCUT2D eigenvalue weighted by atomic mass is 10.1. The van der Waals surface area contributed by atoms with Gasteiger partial charge in [-0.3, -0.25) is 4.79 Å². The first-order chi connectivity index (χ1) is 11.1. The van der Waals surface area contributed by atoms with E-state index in [-0.39, 0.29) is 24.1 Å². The van der Waals surface area contributed by atoms with E-state index in [0.717, 1.165) is 0 Å². The van der Waals surface area contributed by atoms with Crippen molar-refractivity contribution in [3.8, 4) is 0 Å². The van der Waals surface area contributed by atoms with Crippen molar-refractivity contribution in [2.45, 2.75) is 25.3 Å². The molecule has 1 aromatic rings. The molecule has 1 unspecified atom stereocenters. The lowest BCUT2D eigenvalue weighted by molar-refractivity contribution is -0.0381. The molecule has 1 heterocycles. The zero-order chi connectivity index (χ0) is 18.5. The zero-order valence-corrected chi connectivity index (χ0v) is 13.2. The molecule has 0 bridgehead atoms. The summed E-state index contributed by atoms with van der Waals surface area (Å²) < 4.78 is 56.9. The normalized spacial score (nSPS) is 19.4. The van der Waals surface area contributed by atoms with Gasteiger partial charge in [0.1, 0.15) is 0 Å². The first kappa shape index (κ1) is 19.9. The minimum atomic E-state index is -3.84. The molecule has 0 spiro atoms. The van der Waals surface area contributed by atoms with Gasteiger partial charge in [-0.05, 0) is 25.5 Å².